The molecule has 23 heavy (non-hydrogen) atoms. The number of anilines is 2. The zero-order chi connectivity index (χ0) is 16.2. The maximum absolute atomic E-state index is 12.9. The number of benzene rings is 2. The smallest absolute Gasteiger partial charge is 0.232 e. The van der Waals surface area contributed by atoms with Gasteiger partial charge in [-0.3, -0.25) is 0 Å². The predicted octanol–water partition coefficient (Wildman–Crippen LogP) is 4.87. The van der Waals surface area contributed by atoms with Crippen LogP contribution in [0.2, 0.25) is 5.28 Å². The van der Waals surface area contributed by atoms with E-state index >= 15 is 0 Å². The summed E-state index contributed by atoms with van der Waals surface area (Å²) in [6.45, 7) is 2.03. The van der Waals surface area contributed by atoms with Gasteiger partial charge in [-0.05, 0) is 66.7 Å². The summed E-state index contributed by atoms with van der Waals surface area (Å²) in [6, 6.07) is 13.9. The van der Waals surface area contributed by atoms with E-state index in [0.717, 1.165) is 4.90 Å². The monoisotopic (exact) mass is 346 g/mol. The van der Waals surface area contributed by atoms with E-state index in [0.29, 0.717) is 16.8 Å². The molecule has 0 aliphatic rings. The van der Waals surface area contributed by atoms with Crippen molar-refractivity contribution in [3.05, 3.63) is 65.2 Å². The van der Waals surface area contributed by atoms with Gasteiger partial charge in [-0.1, -0.05) is 17.7 Å². The van der Waals surface area contributed by atoms with Crippen molar-refractivity contribution in [2.45, 2.75) is 17.0 Å². The van der Waals surface area contributed by atoms with Crippen molar-refractivity contribution in [1.82, 2.24) is 15.0 Å². The third-order valence-electron chi connectivity index (χ3n) is 2.92. The lowest BCUT2D eigenvalue weighted by Crippen LogP contribution is -2.00. The largest absolute Gasteiger partial charge is 0.324 e. The standard InChI is InChI=1S/C16H12ClFN4S/c1-10-2-8-13(9-3-10)23-16-21-14(17)20-15(22-16)19-12-6-4-11(18)5-7-12/h2-9H,1H3,(H,19,20,21,22). The van der Waals surface area contributed by atoms with Crippen LogP contribution in [0.1, 0.15) is 5.56 Å². The normalized spacial score (nSPS) is 10.6. The number of halogens is 2. The van der Waals surface area contributed by atoms with Gasteiger partial charge in [0.1, 0.15) is 5.82 Å². The van der Waals surface area contributed by atoms with Crippen LogP contribution in [0.25, 0.3) is 0 Å². The SMILES string of the molecule is Cc1ccc(Sc2nc(Cl)nc(Nc3ccc(F)cc3)n2)cc1. The summed E-state index contributed by atoms with van der Waals surface area (Å²) in [5, 5.41) is 3.56. The number of nitrogens with zero attached hydrogens (tertiary/aromatic N) is 3. The molecular formula is C16H12ClFN4S. The van der Waals surface area contributed by atoms with Crippen LogP contribution in [-0.2, 0) is 0 Å². The summed E-state index contributed by atoms with van der Waals surface area (Å²) >= 11 is 7.35. The minimum absolute atomic E-state index is 0.0965. The van der Waals surface area contributed by atoms with Crippen molar-refractivity contribution in [2.75, 3.05) is 5.32 Å². The number of rotatable bonds is 4. The van der Waals surface area contributed by atoms with E-state index in [-0.39, 0.29) is 11.1 Å². The van der Waals surface area contributed by atoms with Gasteiger partial charge in [0.15, 0.2) is 5.16 Å². The fourth-order valence-electron chi connectivity index (χ4n) is 1.81. The van der Waals surface area contributed by atoms with E-state index in [1.165, 1.54) is 29.5 Å². The molecular weight excluding hydrogens is 335 g/mol. The Balaban J connectivity index is 1.81. The molecule has 0 saturated heterocycles. The van der Waals surface area contributed by atoms with E-state index in [4.69, 9.17) is 11.6 Å². The molecule has 0 amide bonds. The van der Waals surface area contributed by atoms with Gasteiger partial charge >= 0.3 is 0 Å². The number of aryl methyl sites for hydroxylation is 1. The quantitative estimate of drug-likeness (QED) is 0.730. The summed E-state index contributed by atoms with van der Waals surface area (Å²) in [4.78, 5) is 13.5. The molecule has 0 atom stereocenters. The molecule has 0 aliphatic carbocycles. The number of aromatic nitrogens is 3. The molecule has 0 fully saturated rings. The molecule has 4 nitrogen and oxygen atoms in total. The lowest BCUT2D eigenvalue weighted by atomic mass is 10.2. The third-order valence-corrected chi connectivity index (χ3v) is 3.96. The number of hydrogen-bond donors (Lipinski definition) is 1. The molecule has 2 aromatic carbocycles. The topological polar surface area (TPSA) is 50.7 Å². The van der Waals surface area contributed by atoms with Gasteiger partial charge in [0.05, 0.1) is 0 Å². The average molecular weight is 347 g/mol. The van der Waals surface area contributed by atoms with Crippen LogP contribution in [-0.4, -0.2) is 15.0 Å². The highest BCUT2D eigenvalue weighted by molar-refractivity contribution is 7.99. The minimum atomic E-state index is -0.306. The highest BCUT2D eigenvalue weighted by atomic mass is 35.5. The summed E-state index contributed by atoms with van der Waals surface area (Å²) < 4.78 is 12.9. The fraction of sp³-hybridized carbons (Fsp3) is 0.0625. The van der Waals surface area contributed by atoms with Gasteiger partial charge in [-0.25, -0.2) is 4.39 Å². The number of nitrogens with one attached hydrogen (secondary N) is 1. The first-order chi connectivity index (χ1) is 11.1. The van der Waals surface area contributed by atoms with Gasteiger partial charge < -0.3 is 5.32 Å². The Morgan fingerprint density at radius 2 is 1.65 bits per heavy atom. The zero-order valence-corrected chi connectivity index (χ0v) is 13.7. The second kappa shape index (κ2) is 6.93. The van der Waals surface area contributed by atoms with E-state index in [1.54, 1.807) is 12.1 Å². The second-order valence-corrected chi connectivity index (χ2v) is 6.14. The third kappa shape index (κ3) is 4.40. The Bertz CT molecular complexity index is 744. The molecule has 1 aromatic heterocycles. The van der Waals surface area contributed by atoms with Gasteiger partial charge in [-0.15, -0.1) is 0 Å². The van der Waals surface area contributed by atoms with Crippen molar-refractivity contribution in [3.8, 4) is 0 Å². The molecule has 0 radical (unpaired) electrons. The fourth-order valence-corrected chi connectivity index (χ4v) is 2.76. The lowest BCUT2D eigenvalue weighted by molar-refractivity contribution is 0.628. The molecule has 7 heteroatoms. The van der Waals surface area contributed by atoms with Crippen LogP contribution in [0.3, 0.4) is 0 Å². The lowest BCUT2D eigenvalue weighted by Gasteiger charge is -2.07. The van der Waals surface area contributed by atoms with Crippen LogP contribution in [0.15, 0.2) is 58.6 Å². The maximum Gasteiger partial charge on any atom is 0.232 e. The molecule has 3 aromatic rings. The van der Waals surface area contributed by atoms with Crippen LogP contribution < -0.4 is 5.32 Å². The molecule has 0 unspecified atom stereocenters. The van der Waals surface area contributed by atoms with Gasteiger partial charge in [0.25, 0.3) is 0 Å². The van der Waals surface area contributed by atoms with Gasteiger partial charge in [-0.2, -0.15) is 15.0 Å². The van der Waals surface area contributed by atoms with E-state index in [9.17, 15) is 4.39 Å². The van der Waals surface area contributed by atoms with Crippen molar-refractivity contribution in [1.29, 1.82) is 0 Å². The van der Waals surface area contributed by atoms with E-state index in [2.05, 4.69) is 20.3 Å². The van der Waals surface area contributed by atoms with Crippen molar-refractivity contribution < 1.29 is 4.39 Å². The van der Waals surface area contributed by atoms with E-state index < -0.39 is 0 Å². The van der Waals surface area contributed by atoms with Gasteiger partial charge in [0.2, 0.25) is 11.2 Å². The van der Waals surface area contributed by atoms with Gasteiger partial charge in [0, 0.05) is 10.6 Å². The molecule has 0 aliphatic heterocycles. The first kappa shape index (κ1) is 15.7. The molecule has 0 saturated carbocycles. The maximum atomic E-state index is 12.9. The molecule has 1 heterocycles. The highest BCUT2D eigenvalue weighted by Crippen LogP contribution is 2.26. The molecule has 0 bridgehead atoms. The van der Waals surface area contributed by atoms with Crippen LogP contribution >= 0.6 is 23.4 Å². The Morgan fingerprint density at radius 1 is 0.957 bits per heavy atom. The second-order valence-electron chi connectivity index (χ2n) is 4.76. The highest BCUT2D eigenvalue weighted by Gasteiger charge is 2.07. The molecule has 0 spiro atoms. The average Bonchev–Trinajstić information content (AvgIpc) is 2.51. The first-order valence-electron chi connectivity index (χ1n) is 6.77. The summed E-state index contributed by atoms with van der Waals surface area (Å²) in [5.41, 5.74) is 1.85. The Labute approximate surface area is 142 Å². The van der Waals surface area contributed by atoms with E-state index in [1.807, 2.05) is 31.2 Å². The minimum Gasteiger partial charge on any atom is -0.324 e. The van der Waals surface area contributed by atoms with Crippen LogP contribution in [0.5, 0.6) is 0 Å². The summed E-state index contributed by atoms with van der Waals surface area (Å²) in [7, 11) is 0. The first-order valence-corrected chi connectivity index (χ1v) is 7.97. The molecule has 3 rings (SSSR count). The van der Waals surface area contributed by atoms with Crippen LogP contribution in [0, 0.1) is 12.7 Å². The predicted molar refractivity (Wildman–Crippen MR) is 89.8 cm³/mol. The molecule has 116 valence electrons. The van der Waals surface area contributed by atoms with Crippen LogP contribution in [0.4, 0.5) is 16.0 Å². The Hall–Kier alpha value is -2.18. The Kier molecular flexibility index (Phi) is 4.73. The molecule has 1 N–H and O–H groups in total. The van der Waals surface area contributed by atoms with Crippen molar-refractivity contribution in [2.24, 2.45) is 0 Å². The summed E-state index contributed by atoms with van der Waals surface area (Å²) in [6.07, 6.45) is 0. The summed E-state index contributed by atoms with van der Waals surface area (Å²) in [5.74, 6) is 0.00562. The zero-order valence-electron chi connectivity index (χ0n) is 12.1. The Morgan fingerprint density at radius 3 is 2.35 bits per heavy atom. The van der Waals surface area contributed by atoms with Crippen molar-refractivity contribution in [3.63, 3.8) is 0 Å². The van der Waals surface area contributed by atoms with Crippen molar-refractivity contribution >= 4 is 35.0 Å². The number of hydrogen-bond acceptors (Lipinski definition) is 5.